The predicted molar refractivity (Wildman–Crippen MR) is 172 cm³/mol. The number of benzene rings is 3. The van der Waals surface area contributed by atoms with Crippen molar-refractivity contribution in [2.24, 2.45) is 0 Å². The third-order valence-electron chi connectivity index (χ3n) is 7.72. The minimum absolute atomic E-state index is 0.0328. The third-order valence-corrected chi connectivity index (χ3v) is 10.1. The molecule has 1 aliphatic rings. The molecule has 1 aliphatic carbocycles. The molecule has 12 heteroatoms. The van der Waals surface area contributed by atoms with Crippen molar-refractivity contribution < 1.29 is 22.4 Å². The van der Waals surface area contributed by atoms with Gasteiger partial charge in [0.1, 0.15) is 18.4 Å². The zero-order valence-electron chi connectivity index (χ0n) is 24.8. The van der Waals surface area contributed by atoms with Crippen LogP contribution in [0.25, 0.3) is 0 Å². The summed E-state index contributed by atoms with van der Waals surface area (Å²) < 4.78 is 43.5. The van der Waals surface area contributed by atoms with Crippen LogP contribution in [-0.2, 0) is 32.8 Å². The number of halogens is 3. The highest BCUT2D eigenvalue weighted by atomic mass is 35.5. The van der Waals surface area contributed by atoms with E-state index >= 15 is 4.39 Å². The molecule has 0 heterocycles. The summed E-state index contributed by atoms with van der Waals surface area (Å²) in [5, 5.41) is 3.82. The molecule has 3 aromatic carbocycles. The van der Waals surface area contributed by atoms with Crippen LogP contribution < -0.4 is 9.62 Å². The summed E-state index contributed by atoms with van der Waals surface area (Å²) in [6, 6.07) is 18.4. The van der Waals surface area contributed by atoms with Crippen LogP contribution in [0.5, 0.6) is 0 Å². The molecule has 3 aromatic rings. The van der Waals surface area contributed by atoms with E-state index in [-0.39, 0.29) is 35.6 Å². The average molecular weight is 664 g/mol. The number of para-hydroxylation sites is 1. The number of hydrogen-bond donors (Lipinski definition) is 1. The smallest absolute Gasteiger partial charge is 0.304 e. The van der Waals surface area contributed by atoms with Crippen LogP contribution >= 0.6 is 23.2 Å². The number of nitrogens with zero attached hydrogens (tertiary/aromatic N) is 3. The monoisotopic (exact) mass is 662 g/mol. The maximum atomic E-state index is 15.0. The van der Waals surface area contributed by atoms with Gasteiger partial charge in [-0.25, -0.2) is 8.70 Å². The number of rotatable bonds is 12. The molecule has 2 amide bonds. The summed E-state index contributed by atoms with van der Waals surface area (Å²) in [7, 11) is -1.72. The number of hydrogen-bond acceptors (Lipinski definition) is 4. The van der Waals surface area contributed by atoms with Gasteiger partial charge in [-0.15, -0.1) is 0 Å². The van der Waals surface area contributed by atoms with Gasteiger partial charge >= 0.3 is 10.2 Å². The first-order valence-electron chi connectivity index (χ1n) is 14.5. The van der Waals surface area contributed by atoms with Gasteiger partial charge in [0.2, 0.25) is 11.8 Å². The molecule has 0 spiro atoms. The third kappa shape index (κ3) is 8.50. The number of carbonyl (C=O) groups excluding carboxylic acids is 2. The van der Waals surface area contributed by atoms with E-state index in [1.54, 1.807) is 12.1 Å². The first kappa shape index (κ1) is 33.7. The zero-order valence-corrected chi connectivity index (χ0v) is 27.1. The molecule has 1 atom stereocenters. The molecule has 0 unspecified atom stereocenters. The number of anilines is 1. The quantitative estimate of drug-likeness (QED) is 0.264. The minimum Gasteiger partial charge on any atom is -0.352 e. The number of nitrogens with one attached hydrogen (secondary N) is 1. The molecule has 0 aromatic heterocycles. The van der Waals surface area contributed by atoms with E-state index < -0.39 is 34.5 Å². The Morgan fingerprint density at radius 3 is 2.25 bits per heavy atom. The molecule has 236 valence electrons. The molecule has 1 saturated carbocycles. The molecule has 4 rings (SSSR count). The highest BCUT2D eigenvalue weighted by Crippen LogP contribution is 2.27. The second-order valence-electron chi connectivity index (χ2n) is 11.1. The molecule has 0 saturated heterocycles. The molecular formula is C32H37Cl2FN4O4S. The molecule has 0 aliphatic heterocycles. The van der Waals surface area contributed by atoms with Gasteiger partial charge in [-0.2, -0.15) is 12.7 Å². The molecule has 1 fully saturated rings. The zero-order chi connectivity index (χ0) is 31.9. The average Bonchev–Trinajstić information content (AvgIpc) is 3.00. The fraction of sp³-hybridized carbons (Fsp3) is 0.375. The van der Waals surface area contributed by atoms with Gasteiger partial charge in [0.05, 0.1) is 5.69 Å². The standard InChI is InChI=1S/C32H37Cl2FN4O4S/c1-37(2)44(42,43)39(29-16-10-9-15-28(29)35)22-31(40)38(21-24-17-18-25(33)20-27(24)34)30(19-23-11-5-3-6-12-23)32(41)36-26-13-7-4-8-14-26/h3,5-6,9-12,15-18,20,26,30H,4,7-8,13-14,19,21-22H2,1-2H3,(H,36,41)/t30-/m0/s1. The van der Waals surface area contributed by atoms with E-state index in [1.165, 1.54) is 43.3 Å². The summed E-state index contributed by atoms with van der Waals surface area (Å²) in [5.74, 6) is -1.87. The fourth-order valence-electron chi connectivity index (χ4n) is 5.29. The molecule has 8 nitrogen and oxygen atoms in total. The summed E-state index contributed by atoms with van der Waals surface area (Å²) >= 11 is 12.7. The number of carbonyl (C=O) groups is 2. The largest absolute Gasteiger partial charge is 0.352 e. The van der Waals surface area contributed by atoms with Crippen LogP contribution in [0.15, 0.2) is 72.8 Å². The van der Waals surface area contributed by atoms with Crippen LogP contribution in [0.1, 0.15) is 43.2 Å². The Morgan fingerprint density at radius 1 is 0.955 bits per heavy atom. The van der Waals surface area contributed by atoms with Crippen molar-refractivity contribution in [3.8, 4) is 0 Å². The van der Waals surface area contributed by atoms with E-state index in [2.05, 4.69) is 5.32 Å². The first-order valence-corrected chi connectivity index (χ1v) is 16.6. The van der Waals surface area contributed by atoms with Gasteiger partial charge in [-0.1, -0.05) is 91.0 Å². The van der Waals surface area contributed by atoms with E-state index in [9.17, 15) is 18.0 Å². The van der Waals surface area contributed by atoms with E-state index in [1.807, 2.05) is 30.3 Å². The molecule has 1 N–H and O–H groups in total. The Kier molecular flexibility index (Phi) is 11.6. The van der Waals surface area contributed by atoms with Crippen molar-refractivity contribution >= 4 is 50.9 Å². The Bertz CT molecular complexity index is 1550. The lowest BCUT2D eigenvalue weighted by Crippen LogP contribution is -2.55. The van der Waals surface area contributed by atoms with E-state index in [4.69, 9.17) is 23.2 Å². The second kappa shape index (κ2) is 15.2. The lowest BCUT2D eigenvalue weighted by atomic mass is 9.94. The molecule has 0 bridgehead atoms. The van der Waals surface area contributed by atoms with Crippen LogP contribution in [0, 0.1) is 5.82 Å². The van der Waals surface area contributed by atoms with Gasteiger partial charge in [-0.3, -0.25) is 9.59 Å². The number of amides is 2. The van der Waals surface area contributed by atoms with Gasteiger partial charge in [-0.05, 0) is 48.2 Å². The van der Waals surface area contributed by atoms with Crippen LogP contribution in [0.4, 0.5) is 10.1 Å². The highest BCUT2D eigenvalue weighted by molar-refractivity contribution is 7.90. The van der Waals surface area contributed by atoms with Crippen LogP contribution in [0.3, 0.4) is 0 Å². The summed E-state index contributed by atoms with van der Waals surface area (Å²) in [4.78, 5) is 29.7. The normalized spacial score (nSPS) is 14.7. The molecule has 44 heavy (non-hydrogen) atoms. The van der Waals surface area contributed by atoms with Crippen LogP contribution in [-0.4, -0.2) is 62.2 Å². The summed E-state index contributed by atoms with van der Waals surface area (Å²) in [6.45, 7) is -0.869. The van der Waals surface area contributed by atoms with Gasteiger partial charge < -0.3 is 10.2 Å². The SMILES string of the molecule is CN(C)S(=O)(=O)N(CC(=O)N(Cc1ccc(Cl)cc1Cl)[C@@H](Cc1ccccc1)C(=O)NC1CCCCC1)c1ccccc1F. The van der Waals surface area contributed by atoms with Crippen LogP contribution in [0.2, 0.25) is 10.0 Å². The predicted octanol–water partition coefficient (Wildman–Crippen LogP) is 5.83. The Morgan fingerprint density at radius 2 is 1.61 bits per heavy atom. The van der Waals surface area contributed by atoms with Gasteiger partial charge in [0.15, 0.2) is 0 Å². The second-order valence-corrected chi connectivity index (χ2v) is 14.0. The lowest BCUT2D eigenvalue weighted by Gasteiger charge is -2.35. The minimum atomic E-state index is -4.32. The van der Waals surface area contributed by atoms with Crippen molar-refractivity contribution in [1.29, 1.82) is 0 Å². The Balaban J connectivity index is 1.78. The fourth-order valence-corrected chi connectivity index (χ4v) is 6.82. The van der Waals surface area contributed by atoms with E-state index in [0.29, 0.717) is 10.6 Å². The maximum Gasteiger partial charge on any atom is 0.304 e. The van der Waals surface area contributed by atoms with Gasteiger partial charge in [0.25, 0.3) is 0 Å². The Labute approximate surface area is 268 Å². The van der Waals surface area contributed by atoms with Crippen molar-refractivity contribution in [3.05, 3.63) is 99.8 Å². The van der Waals surface area contributed by atoms with Crippen molar-refractivity contribution in [3.63, 3.8) is 0 Å². The molecule has 0 radical (unpaired) electrons. The highest BCUT2D eigenvalue weighted by Gasteiger charge is 2.36. The lowest BCUT2D eigenvalue weighted by molar-refractivity contribution is -0.140. The topological polar surface area (TPSA) is 90.0 Å². The molecular weight excluding hydrogens is 626 g/mol. The van der Waals surface area contributed by atoms with Crippen molar-refractivity contribution in [1.82, 2.24) is 14.5 Å². The Hall–Kier alpha value is -3.18. The van der Waals surface area contributed by atoms with E-state index in [0.717, 1.165) is 52.3 Å². The summed E-state index contributed by atoms with van der Waals surface area (Å²) in [5.41, 5.74) is 1.04. The van der Waals surface area contributed by atoms with Gasteiger partial charge in [0, 0.05) is 43.1 Å². The van der Waals surface area contributed by atoms with Crippen molar-refractivity contribution in [2.75, 3.05) is 24.9 Å². The maximum absolute atomic E-state index is 15.0. The summed E-state index contributed by atoms with van der Waals surface area (Å²) in [6.07, 6.45) is 4.93. The first-order chi connectivity index (χ1) is 21.0. The van der Waals surface area contributed by atoms with Crippen molar-refractivity contribution in [2.45, 2.75) is 57.2 Å².